The number of carbonyl (C=O) groups excluding carboxylic acids is 1. The minimum atomic E-state index is -3.85. The van der Waals surface area contributed by atoms with Crippen molar-refractivity contribution in [2.75, 3.05) is 0 Å². The van der Waals surface area contributed by atoms with Crippen LogP contribution < -0.4 is 4.72 Å². The zero-order valence-electron chi connectivity index (χ0n) is 15.4. The summed E-state index contributed by atoms with van der Waals surface area (Å²) >= 11 is 6.12. The largest absolute Gasteiger partial charge is 0.300 e. The number of ketones is 1. The molecule has 6 nitrogen and oxygen atoms in total. The van der Waals surface area contributed by atoms with Gasteiger partial charge in [-0.2, -0.15) is 0 Å². The van der Waals surface area contributed by atoms with Gasteiger partial charge in [0.2, 0.25) is 10.0 Å². The van der Waals surface area contributed by atoms with E-state index in [2.05, 4.69) is 14.7 Å². The van der Waals surface area contributed by atoms with Crippen molar-refractivity contribution in [3.05, 3.63) is 40.9 Å². The number of hydrogen-bond donors (Lipinski definition) is 1. The lowest BCUT2D eigenvalue weighted by Gasteiger charge is -2.22. The van der Waals surface area contributed by atoms with E-state index in [0.717, 1.165) is 5.56 Å². The number of nitrogens with one attached hydrogen (secondary N) is 1. The van der Waals surface area contributed by atoms with E-state index in [0.29, 0.717) is 16.8 Å². The van der Waals surface area contributed by atoms with Gasteiger partial charge >= 0.3 is 0 Å². The highest BCUT2D eigenvalue weighted by atomic mass is 35.5. The number of pyridine rings is 2. The summed E-state index contributed by atoms with van der Waals surface area (Å²) in [6, 6.07) is 3.50. The van der Waals surface area contributed by atoms with Gasteiger partial charge in [0.25, 0.3) is 0 Å². The van der Waals surface area contributed by atoms with Crippen LogP contribution in [0.3, 0.4) is 0 Å². The Bertz CT molecular complexity index is 951. The number of sulfonamides is 1. The molecule has 0 spiro atoms. The molecule has 0 atom stereocenters. The molecule has 0 unspecified atom stereocenters. The molecule has 2 aromatic rings. The summed E-state index contributed by atoms with van der Waals surface area (Å²) in [5, 5.41) is -0.0824. The van der Waals surface area contributed by atoms with Gasteiger partial charge < -0.3 is 0 Å². The van der Waals surface area contributed by atoms with Crippen LogP contribution in [0.2, 0.25) is 5.15 Å². The Hall–Kier alpha value is -1.83. The Kier molecular flexibility index (Phi) is 5.85. The molecule has 2 heterocycles. The van der Waals surface area contributed by atoms with Crippen molar-refractivity contribution < 1.29 is 13.2 Å². The van der Waals surface area contributed by atoms with E-state index >= 15 is 0 Å². The van der Waals surface area contributed by atoms with Gasteiger partial charge in [0.1, 0.15) is 15.8 Å². The first-order chi connectivity index (χ1) is 11.9. The zero-order valence-corrected chi connectivity index (χ0v) is 17.0. The number of carbonyl (C=O) groups is 1. The number of halogens is 1. The van der Waals surface area contributed by atoms with Gasteiger partial charge in [0, 0.05) is 35.6 Å². The third kappa shape index (κ3) is 4.87. The summed E-state index contributed by atoms with van der Waals surface area (Å²) in [6.07, 6.45) is 3.33. The topological polar surface area (TPSA) is 89.0 Å². The molecule has 1 N–H and O–H groups in total. The van der Waals surface area contributed by atoms with Crippen LogP contribution in [0.4, 0.5) is 0 Å². The molecule has 0 aromatic carbocycles. The molecule has 26 heavy (non-hydrogen) atoms. The maximum Gasteiger partial charge on any atom is 0.244 e. The Labute approximate surface area is 159 Å². The van der Waals surface area contributed by atoms with Gasteiger partial charge in [-0.05, 0) is 57.9 Å². The highest BCUT2D eigenvalue weighted by molar-refractivity contribution is 7.89. The van der Waals surface area contributed by atoms with Crippen LogP contribution in [0.1, 0.15) is 39.0 Å². The highest BCUT2D eigenvalue weighted by Gasteiger charge is 2.28. The van der Waals surface area contributed by atoms with Crippen molar-refractivity contribution in [3.8, 4) is 11.1 Å². The molecule has 0 saturated heterocycles. The van der Waals surface area contributed by atoms with Crippen LogP contribution in [-0.2, 0) is 21.2 Å². The van der Waals surface area contributed by atoms with Crippen molar-refractivity contribution in [3.63, 3.8) is 0 Å². The van der Waals surface area contributed by atoms with Crippen LogP contribution in [-0.4, -0.2) is 29.7 Å². The average Bonchev–Trinajstić information content (AvgIpc) is 2.43. The Balaban J connectivity index is 2.59. The zero-order chi connectivity index (χ0) is 19.7. The van der Waals surface area contributed by atoms with Gasteiger partial charge in [-0.25, -0.2) is 18.1 Å². The third-order valence-electron chi connectivity index (χ3n) is 3.51. The summed E-state index contributed by atoms with van der Waals surface area (Å²) in [5.74, 6) is -0.00162. The van der Waals surface area contributed by atoms with Crippen molar-refractivity contribution in [1.82, 2.24) is 14.7 Å². The lowest BCUT2D eigenvalue weighted by Crippen LogP contribution is -2.41. The summed E-state index contributed by atoms with van der Waals surface area (Å²) in [4.78, 5) is 19.5. The molecule has 2 rings (SSSR count). The minimum Gasteiger partial charge on any atom is -0.300 e. The monoisotopic (exact) mass is 395 g/mol. The standard InChI is InChI=1S/C18H22ClN3O3S/c1-11(23)8-14-9-13(6-7-20-14)15-10-21-17(19)16(12(15)2)26(24,25)22-18(3,4)5/h6-7,9-10,22H,8H2,1-5H3. The molecule has 0 saturated carbocycles. The molecular formula is C18H22ClN3O3S. The molecule has 2 aromatic heterocycles. The van der Waals surface area contributed by atoms with Crippen LogP contribution in [0.25, 0.3) is 11.1 Å². The van der Waals surface area contributed by atoms with Crippen LogP contribution >= 0.6 is 11.6 Å². The summed E-state index contributed by atoms with van der Waals surface area (Å²) in [6.45, 7) is 8.43. The number of nitrogens with zero attached hydrogens (tertiary/aromatic N) is 2. The van der Waals surface area contributed by atoms with Gasteiger partial charge in [0.15, 0.2) is 0 Å². The fraction of sp³-hybridized carbons (Fsp3) is 0.389. The van der Waals surface area contributed by atoms with E-state index in [9.17, 15) is 13.2 Å². The molecule has 0 aliphatic heterocycles. The van der Waals surface area contributed by atoms with Crippen LogP contribution in [0.5, 0.6) is 0 Å². The maximum atomic E-state index is 12.8. The molecule has 140 valence electrons. The molecular weight excluding hydrogens is 374 g/mol. The van der Waals surface area contributed by atoms with Crippen molar-refractivity contribution in [2.24, 2.45) is 0 Å². The minimum absolute atomic E-state index is 0.00162. The molecule has 0 radical (unpaired) electrons. The van der Waals surface area contributed by atoms with E-state index in [1.807, 2.05) is 0 Å². The number of hydrogen-bond acceptors (Lipinski definition) is 5. The van der Waals surface area contributed by atoms with Crippen molar-refractivity contribution in [1.29, 1.82) is 0 Å². The SMILES string of the molecule is CC(=O)Cc1cc(-c2cnc(Cl)c(S(=O)(=O)NC(C)(C)C)c2C)ccn1. The summed E-state index contributed by atoms with van der Waals surface area (Å²) < 4.78 is 28.2. The van der Waals surface area contributed by atoms with Crippen LogP contribution in [0.15, 0.2) is 29.4 Å². The highest BCUT2D eigenvalue weighted by Crippen LogP contribution is 2.32. The molecule has 0 aliphatic carbocycles. The van der Waals surface area contributed by atoms with Gasteiger partial charge in [-0.1, -0.05) is 11.6 Å². The summed E-state index contributed by atoms with van der Waals surface area (Å²) in [7, 11) is -3.85. The molecule has 8 heteroatoms. The van der Waals surface area contributed by atoms with E-state index in [4.69, 9.17) is 11.6 Å². The second-order valence-corrected chi connectivity index (χ2v) is 9.16. The Morgan fingerprint density at radius 1 is 1.27 bits per heavy atom. The molecule has 0 bridgehead atoms. The Morgan fingerprint density at radius 2 is 1.92 bits per heavy atom. The fourth-order valence-corrected chi connectivity index (χ4v) is 4.80. The van der Waals surface area contributed by atoms with E-state index in [1.165, 1.54) is 13.1 Å². The fourth-order valence-electron chi connectivity index (χ4n) is 2.61. The van der Waals surface area contributed by atoms with Crippen molar-refractivity contribution in [2.45, 2.75) is 51.5 Å². The first kappa shape index (κ1) is 20.5. The number of aromatic nitrogens is 2. The Morgan fingerprint density at radius 3 is 2.50 bits per heavy atom. The van der Waals surface area contributed by atoms with Crippen LogP contribution in [0, 0.1) is 6.92 Å². The second-order valence-electron chi connectivity index (χ2n) is 7.19. The maximum absolute atomic E-state index is 12.8. The van der Waals surface area contributed by atoms with E-state index in [-0.39, 0.29) is 22.3 Å². The first-order valence-electron chi connectivity index (χ1n) is 8.04. The van der Waals surface area contributed by atoms with Gasteiger partial charge in [-0.3, -0.25) is 9.78 Å². The van der Waals surface area contributed by atoms with Crippen molar-refractivity contribution >= 4 is 27.4 Å². The molecule has 0 aliphatic rings. The average molecular weight is 396 g/mol. The van der Waals surface area contributed by atoms with E-state index in [1.54, 1.807) is 46.0 Å². The lowest BCUT2D eigenvalue weighted by molar-refractivity contribution is -0.116. The van der Waals surface area contributed by atoms with Gasteiger partial charge in [0.05, 0.1) is 0 Å². The molecule has 0 fully saturated rings. The smallest absolute Gasteiger partial charge is 0.244 e. The number of rotatable bonds is 5. The van der Waals surface area contributed by atoms with E-state index < -0.39 is 15.6 Å². The quantitative estimate of drug-likeness (QED) is 0.784. The predicted octanol–water partition coefficient (Wildman–Crippen LogP) is 3.31. The number of Topliss-reactive ketones (excluding diaryl/α,β-unsaturated/α-hetero) is 1. The normalized spacial score (nSPS) is 12.2. The first-order valence-corrected chi connectivity index (χ1v) is 9.90. The lowest BCUT2D eigenvalue weighted by atomic mass is 10.0. The van der Waals surface area contributed by atoms with Gasteiger partial charge in [-0.15, -0.1) is 0 Å². The molecule has 0 amide bonds. The predicted molar refractivity (Wildman–Crippen MR) is 102 cm³/mol. The summed E-state index contributed by atoms with van der Waals surface area (Å²) in [5.41, 5.74) is 1.79. The third-order valence-corrected chi connectivity index (χ3v) is 5.82. The second kappa shape index (κ2) is 7.42.